The highest BCUT2D eigenvalue weighted by Crippen LogP contribution is 2.30. The van der Waals surface area contributed by atoms with Crippen LogP contribution in [0, 0.1) is 18.7 Å². The molecule has 1 aliphatic rings. The monoisotopic (exact) mass is 504 g/mol. The van der Waals surface area contributed by atoms with Crippen LogP contribution in [0.2, 0.25) is 5.02 Å². The summed E-state index contributed by atoms with van der Waals surface area (Å²) in [7, 11) is -4.02. The highest BCUT2D eigenvalue weighted by molar-refractivity contribution is 7.89. The number of nitrogens with one attached hydrogen (secondary N) is 1. The lowest BCUT2D eigenvalue weighted by atomic mass is 9.99. The fourth-order valence-corrected chi connectivity index (χ4v) is 5.64. The normalized spacial score (nSPS) is 17.2. The van der Waals surface area contributed by atoms with Gasteiger partial charge in [-0.1, -0.05) is 35.0 Å². The molecule has 0 saturated carbocycles. The number of aromatic nitrogens is 2. The molecule has 0 unspecified atom stereocenters. The molecule has 0 bridgehead atoms. The van der Waals surface area contributed by atoms with Crippen molar-refractivity contribution in [1.29, 1.82) is 0 Å². The molecule has 1 N–H and O–H groups in total. The third kappa shape index (κ3) is 5.19. The van der Waals surface area contributed by atoms with E-state index in [4.69, 9.17) is 16.1 Å². The lowest BCUT2D eigenvalue weighted by Crippen LogP contribution is -2.44. The Morgan fingerprint density at radius 1 is 1.26 bits per heavy atom. The van der Waals surface area contributed by atoms with Crippen LogP contribution in [-0.4, -0.2) is 41.9 Å². The lowest BCUT2D eigenvalue weighted by Gasteiger charge is -2.31. The van der Waals surface area contributed by atoms with Crippen molar-refractivity contribution in [3.63, 3.8) is 0 Å². The summed E-state index contributed by atoms with van der Waals surface area (Å²) >= 11 is 5.82. The largest absolute Gasteiger partial charge is 0.355 e. The third-order valence-corrected chi connectivity index (χ3v) is 7.73. The first-order valence-corrected chi connectivity index (χ1v) is 12.4. The summed E-state index contributed by atoms with van der Waals surface area (Å²) < 4.78 is 47.4. The summed E-state index contributed by atoms with van der Waals surface area (Å²) in [5.41, 5.74) is 0.468. The molecular formula is C23H22ClFN4O4S. The molecule has 1 amide bonds. The molecule has 1 atom stereocenters. The number of rotatable bonds is 6. The summed E-state index contributed by atoms with van der Waals surface area (Å²) in [6.45, 7) is 1.78. The predicted octanol–water partition coefficient (Wildman–Crippen LogP) is 4.38. The number of nitrogens with zero attached hydrogens (tertiary/aromatic N) is 3. The number of pyridine rings is 1. The van der Waals surface area contributed by atoms with E-state index in [0.29, 0.717) is 23.7 Å². The van der Waals surface area contributed by atoms with Crippen LogP contribution in [0.5, 0.6) is 0 Å². The fourth-order valence-electron chi connectivity index (χ4n) is 3.76. The predicted molar refractivity (Wildman–Crippen MR) is 126 cm³/mol. The molecule has 1 aromatic carbocycles. The van der Waals surface area contributed by atoms with Crippen LogP contribution < -0.4 is 5.32 Å². The van der Waals surface area contributed by atoms with Crippen molar-refractivity contribution in [2.45, 2.75) is 24.7 Å². The van der Waals surface area contributed by atoms with Gasteiger partial charge in [0, 0.05) is 24.8 Å². The number of carbonyl (C=O) groups is 1. The van der Waals surface area contributed by atoms with Gasteiger partial charge in [0.1, 0.15) is 17.3 Å². The number of piperidine rings is 1. The number of hydrogen-bond acceptors (Lipinski definition) is 6. The maximum atomic E-state index is 13.9. The van der Waals surface area contributed by atoms with Gasteiger partial charge in [-0.2, -0.15) is 4.31 Å². The minimum absolute atomic E-state index is 0.00214. The second kappa shape index (κ2) is 10.0. The standard InChI is InChI=1S/C23H22ClFN4O4S/c1-15-22(20(33-28-15)10-8-16-5-2-3-7-19(16)25)34(31,32)29-12-4-6-17(14-29)23(30)27-21-11-9-18(24)13-26-21/h2-3,5,7-11,13,17H,4,6,12,14H2,1H3,(H,26,27,30)/b10-8+/t17-/m0/s1. The Bertz CT molecular complexity index is 1320. The zero-order chi connectivity index (χ0) is 24.3. The first-order chi connectivity index (χ1) is 16.3. The number of anilines is 1. The van der Waals surface area contributed by atoms with E-state index in [1.165, 1.54) is 35.6 Å². The average Bonchev–Trinajstić information content (AvgIpc) is 3.21. The van der Waals surface area contributed by atoms with E-state index in [9.17, 15) is 17.6 Å². The molecule has 1 saturated heterocycles. The maximum absolute atomic E-state index is 13.9. The Hall–Kier alpha value is -3.08. The Balaban J connectivity index is 1.54. The highest BCUT2D eigenvalue weighted by atomic mass is 35.5. The molecule has 8 nitrogen and oxygen atoms in total. The number of benzene rings is 1. The first kappa shape index (κ1) is 24.1. The van der Waals surface area contributed by atoms with Crippen LogP contribution in [0.3, 0.4) is 0 Å². The first-order valence-electron chi connectivity index (χ1n) is 10.6. The van der Waals surface area contributed by atoms with E-state index >= 15 is 0 Å². The van der Waals surface area contributed by atoms with Crippen LogP contribution in [-0.2, 0) is 14.8 Å². The van der Waals surface area contributed by atoms with Gasteiger partial charge in [-0.05, 0) is 50.1 Å². The minimum Gasteiger partial charge on any atom is -0.355 e. The van der Waals surface area contributed by atoms with E-state index in [2.05, 4.69) is 15.5 Å². The van der Waals surface area contributed by atoms with Gasteiger partial charge in [0.2, 0.25) is 15.9 Å². The van der Waals surface area contributed by atoms with E-state index < -0.39 is 21.8 Å². The summed E-state index contributed by atoms with van der Waals surface area (Å²) in [6.07, 6.45) is 5.27. The van der Waals surface area contributed by atoms with Crippen molar-refractivity contribution >= 4 is 45.5 Å². The zero-order valence-electron chi connectivity index (χ0n) is 18.2. The molecule has 0 radical (unpaired) electrons. The molecule has 1 fully saturated rings. The summed E-state index contributed by atoms with van der Waals surface area (Å²) in [6, 6.07) is 9.28. The second-order valence-electron chi connectivity index (χ2n) is 7.87. The molecule has 178 valence electrons. The number of carbonyl (C=O) groups excluding carboxylic acids is 1. The molecule has 0 spiro atoms. The average molecular weight is 505 g/mol. The molecule has 11 heteroatoms. The topological polar surface area (TPSA) is 105 Å². The van der Waals surface area contributed by atoms with Crippen LogP contribution >= 0.6 is 11.6 Å². The number of sulfonamides is 1. The maximum Gasteiger partial charge on any atom is 0.248 e. The lowest BCUT2D eigenvalue weighted by molar-refractivity contribution is -0.120. The molecule has 4 rings (SSSR count). The van der Waals surface area contributed by atoms with Gasteiger partial charge in [0.25, 0.3) is 0 Å². The van der Waals surface area contributed by atoms with Crippen LogP contribution in [0.4, 0.5) is 10.2 Å². The molecular weight excluding hydrogens is 483 g/mol. The van der Waals surface area contributed by atoms with E-state index in [-0.39, 0.29) is 40.9 Å². The minimum atomic E-state index is -4.02. The Morgan fingerprint density at radius 3 is 2.79 bits per heavy atom. The van der Waals surface area contributed by atoms with Crippen molar-refractivity contribution in [2.24, 2.45) is 5.92 Å². The summed E-state index contributed by atoms with van der Waals surface area (Å²) in [5.74, 6) is -0.989. The zero-order valence-corrected chi connectivity index (χ0v) is 19.8. The number of hydrogen-bond donors (Lipinski definition) is 1. The summed E-state index contributed by atoms with van der Waals surface area (Å²) in [4.78, 5) is 16.7. The smallest absolute Gasteiger partial charge is 0.248 e. The van der Waals surface area contributed by atoms with Crippen LogP contribution in [0.1, 0.15) is 29.9 Å². The molecule has 3 aromatic rings. The van der Waals surface area contributed by atoms with Gasteiger partial charge in [-0.25, -0.2) is 17.8 Å². The summed E-state index contributed by atoms with van der Waals surface area (Å²) in [5, 5.41) is 6.95. The van der Waals surface area contributed by atoms with Crippen molar-refractivity contribution in [3.05, 3.63) is 70.5 Å². The Kier molecular flexibility index (Phi) is 7.11. The van der Waals surface area contributed by atoms with E-state index in [1.807, 2.05) is 0 Å². The fraction of sp³-hybridized carbons (Fsp3) is 0.261. The Morgan fingerprint density at radius 2 is 2.06 bits per heavy atom. The van der Waals surface area contributed by atoms with Crippen molar-refractivity contribution in [2.75, 3.05) is 18.4 Å². The quantitative estimate of drug-likeness (QED) is 0.534. The number of aryl methyl sites for hydroxylation is 1. The van der Waals surface area contributed by atoms with Crippen LogP contribution in [0.25, 0.3) is 12.2 Å². The number of halogens is 2. The van der Waals surface area contributed by atoms with Crippen LogP contribution in [0.15, 0.2) is 52.0 Å². The molecule has 1 aliphatic heterocycles. The van der Waals surface area contributed by atoms with E-state index in [0.717, 1.165) is 0 Å². The van der Waals surface area contributed by atoms with Gasteiger partial charge in [-0.15, -0.1) is 0 Å². The van der Waals surface area contributed by atoms with Gasteiger partial charge in [0.05, 0.1) is 10.9 Å². The number of amides is 1. The third-order valence-electron chi connectivity index (χ3n) is 5.48. The SMILES string of the molecule is Cc1noc(/C=C/c2ccccc2F)c1S(=O)(=O)N1CCC[C@H](C(=O)Nc2ccc(Cl)cn2)C1. The molecule has 3 heterocycles. The Labute approximate surface area is 201 Å². The van der Waals surface area contributed by atoms with Crippen molar-refractivity contribution in [1.82, 2.24) is 14.4 Å². The molecule has 34 heavy (non-hydrogen) atoms. The molecule has 0 aliphatic carbocycles. The van der Waals surface area contributed by atoms with Gasteiger partial charge >= 0.3 is 0 Å². The second-order valence-corrected chi connectivity index (χ2v) is 10.2. The van der Waals surface area contributed by atoms with E-state index in [1.54, 1.807) is 30.3 Å². The van der Waals surface area contributed by atoms with Crippen molar-refractivity contribution < 1.29 is 22.1 Å². The van der Waals surface area contributed by atoms with Gasteiger partial charge in [-0.3, -0.25) is 4.79 Å². The highest BCUT2D eigenvalue weighted by Gasteiger charge is 2.37. The van der Waals surface area contributed by atoms with Gasteiger partial charge < -0.3 is 9.84 Å². The van der Waals surface area contributed by atoms with Gasteiger partial charge in [0.15, 0.2) is 10.7 Å². The van der Waals surface area contributed by atoms with Crippen molar-refractivity contribution in [3.8, 4) is 0 Å². The molecule has 2 aromatic heterocycles.